The fourth-order valence-electron chi connectivity index (χ4n) is 3.32. The normalized spacial score (nSPS) is 16.3. The number of rotatable bonds is 16. The van der Waals surface area contributed by atoms with Gasteiger partial charge >= 0.3 is 0 Å². The zero-order valence-electron chi connectivity index (χ0n) is 21.1. The van der Waals surface area contributed by atoms with Gasteiger partial charge in [0, 0.05) is 7.11 Å². The number of aliphatic hydroxyl groups excluding tert-OH is 1. The van der Waals surface area contributed by atoms with E-state index in [1.807, 2.05) is 81.4 Å². The Hall–Kier alpha value is -1.91. The van der Waals surface area contributed by atoms with Crippen molar-refractivity contribution in [3.63, 3.8) is 0 Å². The summed E-state index contributed by atoms with van der Waals surface area (Å²) < 4.78 is 39.2. The highest BCUT2D eigenvalue weighted by atomic mass is 32.2. The minimum Gasteiger partial charge on any atom is -0.394 e. The summed E-state index contributed by atoms with van der Waals surface area (Å²) in [6.45, 7) is 9.79. The largest absolute Gasteiger partial charge is 0.394 e. The molecule has 2 N–H and O–H groups in total. The summed E-state index contributed by atoms with van der Waals surface area (Å²) in [5.41, 5.74) is 1.92. The molecule has 0 bridgehead atoms. The quantitative estimate of drug-likeness (QED) is 0.267. The maximum absolute atomic E-state index is 13.2. The third kappa shape index (κ3) is 9.93. The highest BCUT2D eigenvalue weighted by Gasteiger charge is 2.38. The Morgan fingerprint density at radius 1 is 0.971 bits per heavy atom. The molecule has 0 radical (unpaired) electrons. The van der Waals surface area contributed by atoms with Crippen LogP contribution in [0.5, 0.6) is 0 Å². The fraction of sp³-hybridized carbons (Fsp3) is 0.481. The van der Waals surface area contributed by atoms with E-state index in [1.165, 1.54) is 7.11 Å². The molecule has 0 spiro atoms. The first-order valence-corrected chi connectivity index (χ1v) is 12.8. The zero-order chi connectivity index (χ0) is 25.7. The van der Waals surface area contributed by atoms with E-state index in [9.17, 15) is 9.32 Å². The summed E-state index contributed by atoms with van der Waals surface area (Å²) in [4.78, 5) is 0. The van der Waals surface area contributed by atoms with Gasteiger partial charge in [0.2, 0.25) is 0 Å². The molecule has 0 fully saturated rings. The van der Waals surface area contributed by atoms with Crippen LogP contribution in [0.1, 0.15) is 31.9 Å². The Balaban J connectivity index is 2.37. The summed E-state index contributed by atoms with van der Waals surface area (Å²) in [7, 11) is 0.0686. The molecule has 0 heterocycles. The van der Waals surface area contributed by atoms with Crippen LogP contribution >= 0.6 is 0 Å². The van der Waals surface area contributed by atoms with Crippen LogP contribution in [0.3, 0.4) is 0 Å². The first-order chi connectivity index (χ1) is 16.8. The highest BCUT2D eigenvalue weighted by molar-refractivity contribution is 7.84. The summed E-state index contributed by atoms with van der Waals surface area (Å²) in [5.74, 6) is 0. The topological polar surface area (TPSA) is 86.3 Å². The standard InChI is InChI=1S/C27H39NO6S/c1-6-23(34-20-31-5)25(28-35(30)27(2,3)4)26(33-19-22-15-11-8-12-16-22)24(17-29)32-18-21-13-9-7-10-14-21/h6-16,23-26,28-29H,1,17-20H2,2-5H3/t23-,24-,25-,26-,35-/m1/s1. The van der Waals surface area contributed by atoms with Crippen molar-refractivity contribution in [2.24, 2.45) is 0 Å². The number of nitrogens with one attached hydrogen (secondary N) is 1. The van der Waals surface area contributed by atoms with Gasteiger partial charge in [0.1, 0.15) is 19.0 Å². The molecule has 2 aromatic rings. The van der Waals surface area contributed by atoms with E-state index >= 15 is 0 Å². The third-order valence-electron chi connectivity index (χ3n) is 5.26. The van der Waals surface area contributed by atoms with Gasteiger partial charge in [-0.2, -0.15) is 0 Å². The van der Waals surface area contributed by atoms with Crippen molar-refractivity contribution in [2.75, 3.05) is 20.5 Å². The van der Waals surface area contributed by atoms with Gasteiger partial charge in [0.05, 0.1) is 47.7 Å². The molecule has 0 saturated heterocycles. The third-order valence-corrected chi connectivity index (χ3v) is 6.86. The van der Waals surface area contributed by atoms with E-state index in [-0.39, 0.29) is 26.6 Å². The predicted octanol–water partition coefficient (Wildman–Crippen LogP) is 3.75. The molecular weight excluding hydrogens is 466 g/mol. The van der Waals surface area contributed by atoms with Crippen LogP contribution in [-0.2, 0) is 43.1 Å². The van der Waals surface area contributed by atoms with Gasteiger partial charge in [-0.25, -0.2) is 8.93 Å². The van der Waals surface area contributed by atoms with Crippen LogP contribution in [0.15, 0.2) is 73.3 Å². The lowest BCUT2D eigenvalue weighted by Gasteiger charge is -2.37. The molecule has 0 aliphatic rings. The zero-order valence-corrected chi connectivity index (χ0v) is 21.9. The lowest BCUT2D eigenvalue weighted by molar-refractivity contribution is -0.139. The van der Waals surface area contributed by atoms with Crippen LogP contribution in [0, 0.1) is 0 Å². The van der Waals surface area contributed by atoms with Crippen molar-refractivity contribution in [2.45, 2.75) is 63.1 Å². The fourth-order valence-corrected chi connectivity index (χ4v) is 4.19. The number of ether oxygens (including phenoxy) is 4. The Morgan fingerprint density at radius 2 is 1.51 bits per heavy atom. The Bertz CT molecular complexity index is 874. The number of hydrogen-bond acceptors (Lipinski definition) is 6. The molecule has 35 heavy (non-hydrogen) atoms. The van der Waals surface area contributed by atoms with E-state index in [0.717, 1.165) is 11.1 Å². The van der Waals surface area contributed by atoms with Gasteiger partial charge in [-0.1, -0.05) is 66.7 Å². The molecule has 2 aromatic carbocycles. The molecule has 0 aliphatic carbocycles. The molecule has 8 heteroatoms. The first kappa shape index (κ1) is 29.3. The van der Waals surface area contributed by atoms with Gasteiger partial charge in [0.25, 0.3) is 0 Å². The molecule has 2 rings (SSSR count). The molecule has 0 saturated carbocycles. The second-order valence-corrected chi connectivity index (χ2v) is 11.1. The van der Waals surface area contributed by atoms with Gasteiger partial charge < -0.3 is 24.1 Å². The smallest absolute Gasteiger partial charge is 0.147 e. The number of aliphatic hydroxyl groups is 1. The molecular formula is C27H39NO6S. The van der Waals surface area contributed by atoms with Crippen molar-refractivity contribution in [1.82, 2.24) is 4.72 Å². The highest BCUT2D eigenvalue weighted by Crippen LogP contribution is 2.21. The van der Waals surface area contributed by atoms with Crippen molar-refractivity contribution in [1.29, 1.82) is 0 Å². The minimum atomic E-state index is -1.46. The van der Waals surface area contributed by atoms with Crippen LogP contribution in [-0.4, -0.2) is 58.9 Å². The summed E-state index contributed by atoms with van der Waals surface area (Å²) in [6.07, 6.45) is -0.477. The second kappa shape index (κ2) is 15.3. The molecule has 0 aromatic heterocycles. The molecule has 194 valence electrons. The lowest BCUT2D eigenvalue weighted by Crippen LogP contribution is -2.57. The van der Waals surface area contributed by atoms with E-state index in [1.54, 1.807) is 6.08 Å². The molecule has 0 unspecified atom stereocenters. The maximum Gasteiger partial charge on any atom is 0.147 e. The number of benzene rings is 2. The summed E-state index contributed by atoms with van der Waals surface area (Å²) >= 11 is 0. The van der Waals surface area contributed by atoms with E-state index in [0.29, 0.717) is 0 Å². The maximum atomic E-state index is 13.2. The first-order valence-electron chi connectivity index (χ1n) is 11.6. The minimum absolute atomic E-state index is 0.0110. The number of hydrogen-bond donors (Lipinski definition) is 2. The van der Waals surface area contributed by atoms with E-state index in [4.69, 9.17) is 18.9 Å². The average Bonchev–Trinajstić information content (AvgIpc) is 2.86. The molecule has 7 nitrogen and oxygen atoms in total. The van der Waals surface area contributed by atoms with Gasteiger partial charge in [-0.05, 0) is 31.9 Å². The van der Waals surface area contributed by atoms with E-state index in [2.05, 4.69) is 11.3 Å². The monoisotopic (exact) mass is 505 g/mol. The van der Waals surface area contributed by atoms with Gasteiger partial charge in [-0.15, -0.1) is 6.58 Å². The lowest BCUT2D eigenvalue weighted by atomic mass is 10.00. The van der Waals surface area contributed by atoms with E-state index < -0.39 is 40.1 Å². The molecule has 0 aliphatic heterocycles. The average molecular weight is 506 g/mol. The SMILES string of the molecule is C=C[C@@H](OCOC)[C@@H](N[S@](=O)C(C)(C)C)[C@H](OCc1ccccc1)[C@@H](CO)OCc1ccccc1. The summed E-state index contributed by atoms with van der Waals surface area (Å²) in [6, 6.07) is 18.8. The Labute approximate surface area is 212 Å². The van der Waals surface area contributed by atoms with Crippen molar-refractivity contribution >= 4 is 11.0 Å². The molecule has 5 atom stereocenters. The van der Waals surface area contributed by atoms with Crippen molar-refractivity contribution in [3.05, 3.63) is 84.4 Å². The summed E-state index contributed by atoms with van der Waals surface area (Å²) in [5, 5.41) is 10.3. The van der Waals surface area contributed by atoms with Gasteiger partial charge in [-0.3, -0.25) is 0 Å². The molecule has 0 amide bonds. The number of methoxy groups -OCH3 is 1. The Kier molecular flexibility index (Phi) is 12.8. The van der Waals surface area contributed by atoms with Gasteiger partial charge in [0.15, 0.2) is 0 Å². The van der Waals surface area contributed by atoms with Crippen molar-refractivity contribution in [3.8, 4) is 0 Å². The van der Waals surface area contributed by atoms with Crippen molar-refractivity contribution < 1.29 is 28.3 Å². The Morgan fingerprint density at radius 3 is 1.97 bits per heavy atom. The second-order valence-electron chi connectivity index (χ2n) is 9.08. The van der Waals surface area contributed by atoms with Crippen LogP contribution in [0.4, 0.5) is 0 Å². The van der Waals surface area contributed by atoms with Crippen LogP contribution in [0.2, 0.25) is 0 Å². The predicted molar refractivity (Wildman–Crippen MR) is 139 cm³/mol. The van der Waals surface area contributed by atoms with Crippen LogP contribution < -0.4 is 4.72 Å². The van der Waals surface area contributed by atoms with Crippen LogP contribution in [0.25, 0.3) is 0 Å².